The Hall–Kier alpha value is -1.50. The summed E-state index contributed by atoms with van der Waals surface area (Å²) in [5, 5.41) is 32.4. The number of hydrogen-bond donors (Lipinski definition) is 3. The highest BCUT2D eigenvalue weighted by molar-refractivity contribution is 5.43. The van der Waals surface area contributed by atoms with E-state index in [-0.39, 0.29) is 24.9 Å². The molecule has 6 heteroatoms. The molecule has 0 amide bonds. The van der Waals surface area contributed by atoms with E-state index < -0.39 is 10.5 Å². The zero-order valence-corrected chi connectivity index (χ0v) is 11.4. The maximum Gasteiger partial charge on any atom is 0.272 e. The van der Waals surface area contributed by atoms with Gasteiger partial charge in [0.05, 0.1) is 23.7 Å². The summed E-state index contributed by atoms with van der Waals surface area (Å²) >= 11 is 0. The van der Waals surface area contributed by atoms with Crippen LogP contribution in [0.1, 0.15) is 31.0 Å². The molecule has 0 radical (unpaired) electrons. The average molecular weight is 268 g/mol. The van der Waals surface area contributed by atoms with Crippen molar-refractivity contribution in [2.45, 2.75) is 32.4 Å². The third-order valence-corrected chi connectivity index (χ3v) is 3.19. The molecule has 6 nitrogen and oxygen atoms in total. The van der Waals surface area contributed by atoms with Crippen molar-refractivity contribution in [1.82, 2.24) is 5.32 Å². The standard InChI is InChI=1S/C13H20N2O4/c1-9-4-5-11(6-12(9)15(18)19)10(2)14-13(3,7-16)8-17/h4-6,10,14,16-17H,7-8H2,1-3H3. The van der Waals surface area contributed by atoms with Gasteiger partial charge in [0, 0.05) is 17.7 Å². The predicted molar refractivity (Wildman–Crippen MR) is 72.0 cm³/mol. The van der Waals surface area contributed by atoms with Gasteiger partial charge in [-0.3, -0.25) is 10.1 Å². The van der Waals surface area contributed by atoms with E-state index in [0.29, 0.717) is 5.56 Å². The minimum atomic E-state index is -0.820. The zero-order valence-electron chi connectivity index (χ0n) is 11.4. The quantitative estimate of drug-likeness (QED) is 0.534. The molecule has 0 spiro atoms. The van der Waals surface area contributed by atoms with E-state index in [1.54, 1.807) is 26.0 Å². The number of hydrogen-bond acceptors (Lipinski definition) is 5. The Morgan fingerprint density at radius 2 is 2.00 bits per heavy atom. The van der Waals surface area contributed by atoms with Gasteiger partial charge in [0.15, 0.2) is 0 Å². The fraction of sp³-hybridized carbons (Fsp3) is 0.538. The Balaban J connectivity index is 2.97. The molecule has 0 fully saturated rings. The average Bonchev–Trinajstić information content (AvgIpc) is 2.38. The lowest BCUT2D eigenvalue weighted by Gasteiger charge is -2.30. The van der Waals surface area contributed by atoms with Gasteiger partial charge in [-0.15, -0.1) is 0 Å². The number of aliphatic hydroxyl groups is 2. The monoisotopic (exact) mass is 268 g/mol. The molecule has 0 heterocycles. The summed E-state index contributed by atoms with van der Waals surface area (Å²) in [6, 6.07) is 4.79. The molecule has 0 aromatic heterocycles. The number of rotatable bonds is 6. The largest absolute Gasteiger partial charge is 0.394 e. The van der Waals surface area contributed by atoms with Crippen LogP contribution in [0.2, 0.25) is 0 Å². The summed E-state index contributed by atoms with van der Waals surface area (Å²) in [5.74, 6) is 0. The zero-order chi connectivity index (χ0) is 14.6. The topological polar surface area (TPSA) is 95.6 Å². The highest BCUT2D eigenvalue weighted by Gasteiger charge is 2.25. The Labute approximate surface area is 112 Å². The number of aryl methyl sites for hydroxylation is 1. The summed E-state index contributed by atoms with van der Waals surface area (Å²) in [5.41, 5.74) is 0.596. The molecule has 1 aromatic rings. The number of nitrogens with zero attached hydrogens (tertiary/aromatic N) is 1. The van der Waals surface area contributed by atoms with E-state index in [2.05, 4.69) is 5.32 Å². The molecule has 1 aromatic carbocycles. The molecular weight excluding hydrogens is 248 g/mol. The molecule has 0 saturated heterocycles. The van der Waals surface area contributed by atoms with E-state index in [1.165, 1.54) is 6.07 Å². The van der Waals surface area contributed by atoms with Crippen molar-refractivity contribution in [3.05, 3.63) is 39.4 Å². The molecule has 0 aliphatic rings. The third-order valence-electron chi connectivity index (χ3n) is 3.19. The Morgan fingerprint density at radius 1 is 1.42 bits per heavy atom. The first-order valence-electron chi connectivity index (χ1n) is 6.07. The maximum absolute atomic E-state index is 10.9. The van der Waals surface area contributed by atoms with Crippen LogP contribution in [-0.4, -0.2) is 33.9 Å². The van der Waals surface area contributed by atoms with Crippen LogP contribution >= 0.6 is 0 Å². The van der Waals surface area contributed by atoms with Crippen molar-refractivity contribution in [2.24, 2.45) is 0 Å². The second kappa shape index (κ2) is 6.10. The SMILES string of the molecule is Cc1ccc(C(C)NC(C)(CO)CO)cc1[N+](=O)[O-]. The van der Waals surface area contributed by atoms with Crippen molar-refractivity contribution in [3.63, 3.8) is 0 Å². The van der Waals surface area contributed by atoms with Crippen LogP contribution in [0.5, 0.6) is 0 Å². The number of nitro groups is 1. The summed E-state index contributed by atoms with van der Waals surface area (Å²) in [6.45, 7) is 4.76. The predicted octanol–water partition coefficient (Wildman–Crippen LogP) is 1.30. The highest BCUT2D eigenvalue weighted by atomic mass is 16.6. The minimum absolute atomic E-state index is 0.0702. The van der Waals surface area contributed by atoms with Gasteiger partial charge < -0.3 is 15.5 Å². The number of nitro benzene ring substituents is 1. The van der Waals surface area contributed by atoms with Crippen LogP contribution in [0, 0.1) is 17.0 Å². The molecule has 1 rings (SSSR count). The van der Waals surface area contributed by atoms with Crippen molar-refractivity contribution in [1.29, 1.82) is 0 Å². The molecular formula is C13H20N2O4. The van der Waals surface area contributed by atoms with E-state index in [4.69, 9.17) is 0 Å². The van der Waals surface area contributed by atoms with Gasteiger partial charge in [-0.1, -0.05) is 12.1 Å². The van der Waals surface area contributed by atoms with Crippen LogP contribution in [0.15, 0.2) is 18.2 Å². The van der Waals surface area contributed by atoms with Crippen molar-refractivity contribution >= 4 is 5.69 Å². The van der Waals surface area contributed by atoms with E-state index in [1.807, 2.05) is 6.92 Å². The molecule has 19 heavy (non-hydrogen) atoms. The Kier molecular flexibility index (Phi) is 4.99. The number of aliphatic hydroxyl groups excluding tert-OH is 2. The van der Waals surface area contributed by atoms with E-state index in [0.717, 1.165) is 5.56 Å². The summed E-state index contributed by atoms with van der Waals surface area (Å²) < 4.78 is 0. The first kappa shape index (κ1) is 15.6. The normalized spacial score (nSPS) is 13.3. The second-order valence-electron chi connectivity index (χ2n) is 5.05. The van der Waals surface area contributed by atoms with Crippen LogP contribution in [-0.2, 0) is 0 Å². The van der Waals surface area contributed by atoms with Gasteiger partial charge in [-0.05, 0) is 26.3 Å². The van der Waals surface area contributed by atoms with Gasteiger partial charge in [0.2, 0.25) is 0 Å². The van der Waals surface area contributed by atoms with E-state index in [9.17, 15) is 20.3 Å². The summed E-state index contributed by atoms with van der Waals surface area (Å²) in [4.78, 5) is 10.5. The van der Waals surface area contributed by atoms with Crippen molar-refractivity contribution in [3.8, 4) is 0 Å². The lowest BCUT2D eigenvalue weighted by molar-refractivity contribution is -0.385. The lowest BCUT2D eigenvalue weighted by atomic mass is 9.99. The summed E-state index contributed by atoms with van der Waals surface area (Å²) in [7, 11) is 0. The number of benzene rings is 1. The minimum Gasteiger partial charge on any atom is -0.394 e. The first-order chi connectivity index (χ1) is 8.83. The molecule has 3 N–H and O–H groups in total. The molecule has 0 saturated carbocycles. The van der Waals surface area contributed by atoms with E-state index >= 15 is 0 Å². The second-order valence-corrected chi connectivity index (χ2v) is 5.05. The molecule has 1 atom stereocenters. The fourth-order valence-electron chi connectivity index (χ4n) is 1.84. The molecule has 0 aliphatic heterocycles. The van der Waals surface area contributed by atoms with Gasteiger partial charge >= 0.3 is 0 Å². The van der Waals surface area contributed by atoms with Gasteiger partial charge in [0.25, 0.3) is 5.69 Å². The lowest BCUT2D eigenvalue weighted by Crippen LogP contribution is -2.49. The maximum atomic E-state index is 10.9. The third kappa shape index (κ3) is 3.73. The Morgan fingerprint density at radius 3 is 2.47 bits per heavy atom. The summed E-state index contributed by atoms with van der Waals surface area (Å²) in [6.07, 6.45) is 0. The number of nitrogens with one attached hydrogen (secondary N) is 1. The smallest absolute Gasteiger partial charge is 0.272 e. The van der Waals surface area contributed by atoms with Crippen LogP contribution < -0.4 is 5.32 Å². The molecule has 1 unspecified atom stereocenters. The molecule has 106 valence electrons. The van der Waals surface area contributed by atoms with Gasteiger partial charge in [0.1, 0.15) is 0 Å². The highest BCUT2D eigenvalue weighted by Crippen LogP contribution is 2.24. The van der Waals surface area contributed by atoms with Crippen molar-refractivity contribution < 1.29 is 15.1 Å². The van der Waals surface area contributed by atoms with Gasteiger partial charge in [-0.2, -0.15) is 0 Å². The first-order valence-corrected chi connectivity index (χ1v) is 6.07. The molecule has 0 bridgehead atoms. The fourth-order valence-corrected chi connectivity index (χ4v) is 1.84. The van der Waals surface area contributed by atoms with Gasteiger partial charge in [-0.25, -0.2) is 0 Å². The molecule has 0 aliphatic carbocycles. The van der Waals surface area contributed by atoms with Crippen LogP contribution in [0.25, 0.3) is 0 Å². The van der Waals surface area contributed by atoms with Crippen molar-refractivity contribution in [2.75, 3.05) is 13.2 Å². The van der Waals surface area contributed by atoms with Crippen LogP contribution in [0.4, 0.5) is 5.69 Å². The van der Waals surface area contributed by atoms with Crippen LogP contribution in [0.3, 0.4) is 0 Å². The Bertz CT molecular complexity index is 458.